The molecule has 2 N–H and O–H groups in total. The highest BCUT2D eigenvalue weighted by atomic mass is 32.1. The van der Waals surface area contributed by atoms with E-state index in [1.54, 1.807) is 6.92 Å². The molecule has 2 aromatic rings. The Morgan fingerprint density at radius 3 is 2.82 bits per heavy atom. The quantitative estimate of drug-likeness (QED) is 0.874. The maximum Gasteiger partial charge on any atom is 0.341 e. The third-order valence-corrected chi connectivity index (χ3v) is 3.17. The molecule has 0 saturated heterocycles. The maximum absolute atomic E-state index is 11.0. The summed E-state index contributed by atoms with van der Waals surface area (Å²) >= 11 is 1.51. The predicted molar refractivity (Wildman–Crippen MR) is 66.1 cm³/mol. The van der Waals surface area contributed by atoms with Gasteiger partial charge in [-0.15, -0.1) is 11.3 Å². The van der Waals surface area contributed by atoms with Crippen molar-refractivity contribution in [2.45, 2.75) is 13.8 Å². The molecule has 2 aromatic heterocycles. The number of carboxylic acids is 1. The summed E-state index contributed by atoms with van der Waals surface area (Å²) in [5.41, 5.74) is 1.13. The van der Waals surface area contributed by atoms with Crippen molar-refractivity contribution in [3.05, 3.63) is 34.6 Å². The van der Waals surface area contributed by atoms with Gasteiger partial charge < -0.3 is 10.4 Å². The predicted octanol–water partition coefficient (Wildman–Crippen LogP) is 2.60. The fourth-order valence-electron chi connectivity index (χ4n) is 1.33. The molecule has 0 fully saturated rings. The van der Waals surface area contributed by atoms with Crippen molar-refractivity contribution in [1.29, 1.82) is 0 Å². The van der Waals surface area contributed by atoms with Gasteiger partial charge in [0.25, 0.3) is 0 Å². The Bertz CT molecular complexity index is 566. The number of hydrogen-bond acceptors (Lipinski definition) is 5. The summed E-state index contributed by atoms with van der Waals surface area (Å²) in [7, 11) is 0. The first-order valence-electron chi connectivity index (χ1n) is 4.96. The van der Waals surface area contributed by atoms with Crippen molar-refractivity contribution < 1.29 is 9.90 Å². The van der Waals surface area contributed by atoms with Gasteiger partial charge in [0.05, 0.1) is 5.00 Å². The van der Waals surface area contributed by atoms with Gasteiger partial charge in [0.2, 0.25) is 0 Å². The van der Waals surface area contributed by atoms with Gasteiger partial charge in [0.1, 0.15) is 17.2 Å². The van der Waals surface area contributed by atoms with Crippen LogP contribution in [0.4, 0.5) is 10.8 Å². The number of nitrogens with zero attached hydrogens (tertiary/aromatic N) is 2. The van der Waals surface area contributed by atoms with Crippen molar-refractivity contribution in [1.82, 2.24) is 9.97 Å². The molecule has 88 valence electrons. The third kappa shape index (κ3) is 2.42. The maximum atomic E-state index is 11.0. The highest BCUT2D eigenvalue weighted by molar-refractivity contribution is 7.14. The number of hydrogen-bond donors (Lipinski definition) is 2. The molecule has 0 aliphatic carbocycles. The zero-order valence-corrected chi connectivity index (χ0v) is 10.2. The highest BCUT2D eigenvalue weighted by Crippen LogP contribution is 2.26. The minimum atomic E-state index is -1.04. The van der Waals surface area contributed by atoms with Crippen LogP contribution in [0.15, 0.2) is 17.6 Å². The molecule has 17 heavy (non-hydrogen) atoms. The van der Waals surface area contributed by atoms with Gasteiger partial charge >= 0.3 is 5.97 Å². The second-order valence-electron chi connectivity index (χ2n) is 3.54. The van der Waals surface area contributed by atoms with Crippen molar-refractivity contribution in [2.24, 2.45) is 0 Å². The monoisotopic (exact) mass is 249 g/mol. The summed E-state index contributed by atoms with van der Waals surface area (Å²) < 4.78 is 0. The van der Waals surface area contributed by atoms with Crippen LogP contribution in [0, 0.1) is 13.8 Å². The smallest absolute Gasteiger partial charge is 0.341 e. The number of aryl methyl sites for hydroxylation is 2. The minimum absolute atomic E-state index is 0.0726. The molecular weight excluding hydrogens is 238 g/mol. The van der Waals surface area contributed by atoms with E-state index in [4.69, 9.17) is 5.11 Å². The minimum Gasteiger partial charge on any atom is -0.477 e. The van der Waals surface area contributed by atoms with Gasteiger partial charge in [-0.2, -0.15) is 0 Å². The average Bonchev–Trinajstić information content (AvgIpc) is 2.64. The normalized spacial score (nSPS) is 10.2. The van der Waals surface area contributed by atoms with Crippen LogP contribution < -0.4 is 5.32 Å². The number of carbonyl (C=O) groups is 1. The number of rotatable bonds is 3. The summed E-state index contributed by atoms with van der Waals surface area (Å²) in [5, 5.41) is 14.9. The number of nitrogens with one attached hydrogen (secondary N) is 1. The van der Waals surface area contributed by atoms with Crippen molar-refractivity contribution in [2.75, 3.05) is 5.32 Å². The fourth-order valence-corrected chi connectivity index (χ4v) is 2.15. The van der Waals surface area contributed by atoms with Crippen LogP contribution in [0.1, 0.15) is 21.7 Å². The number of thiophene rings is 1. The Morgan fingerprint density at radius 1 is 1.47 bits per heavy atom. The molecular formula is C11H11N3O2S. The van der Waals surface area contributed by atoms with E-state index in [-0.39, 0.29) is 5.56 Å². The van der Waals surface area contributed by atoms with Crippen LogP contribution in [0.5, 0.6) is 0 Å². The third-order valence-electron chi connectivity index (χ3n) is 2.23. The Morgan fingerprint density at radius 2 is 2.24 bits per heavy atom. The molecule has 0 atom stereocenters. The first-order valence-corrected chi connectivity index (χ1v) is 5.84. The summed E-state index contributed by atoms with van der Waals surface area (Å²) in [6, 6.07) is 1.96. The first-order chi connectivity index (χ1) is 8.08. The lowest BCUT2D eigenvalue weighted by Crippen LogP contribution is -2.07. The molecule has 0 radical (unpaired) electrons. The van der Waals surface area contributed by atoms with Gasteiger partial charge in [-0.05, 0) is 30.9 Å². The van der Waals surface area contributed by atoms with Crippen LogP contribution in [-0.4, -0.2) is 21.0 Å². The molecule has 0 aromatic carbocycles. The van der Waals surface area contributed by atoms with Gasteiger partial charge in [-0.25, -0.2) is 14.8 Å². The fraction of sp³-hybridized carbons (Fsp3) is 0.182. The van der Waals surface area contributed by atoms with Crippen molar-refractivity contribution in [3.63, 3.8) is 0 Å². The van der Waals surface area contributed by atoms with Gasteiger partial charge in [0.15, 0.2) is 0 Å². The van der Waals surface area contributed by atoms with E-state index in [9.17, 15) is 4.79 Å². The van der Waals surface area contributed by atoms with Crippen LogP contribution in [0.25, 0.3) is 0 Å². The van der Waals surface area contributed by atoms with Crippen LogP contribution in [0.3, 0.4) is 0 Å². The first kappa shape index (κ1) is 11.5. The summed E-state index contributed by atoms with van der Waals surface area (Å²) in [4.78, 5) is 19.0. The molecule has 0 amide bonds. The number of aromatic carboxylic acids is 1. The molecule has 6 heteroatoms. The summed E-state index contributed by atoms with van der Waals surface area (Å²) in [6.07, 6.45) is 1.32. The molecule has 2 heterocycles. The second-order valence-corrected chi connectivity index (χ2v) is 4.46. The lowest BCUT2D eigenvalue weighted by molar-refractivity contribution is 0.0697. The molecule has 0 aliphatic heterocycles. The zero-order valence-electron chi connectivity index (χ0n) is 9.39. The van der Waals surface area contributed by atoms with E-state index in [2.05, 4.69) is 15.3 Å². The second kappa shape index (κ2) is 4.50. The lowest BCUT2D eigenvalue weighted by atomic mass is 10.3. The van der Waals surface area contributed by atoms with Crippen LogP contribution in [0.2, 0.25) is 0 Å². The lowest BCUT2D eigenvalue weighted by Gasteiger charge is -2.07. The number of carboxylic acid groups (broad SMARTS) is 1. The average molecular weight is 249 g/mol. The molecule has 0 spiro atoms. The Balaban J connectivity index is 2.41. The standard InChI is InChI=1S/C11H11N3O2S/c1-6-3-4-17-10(6)14-9-8(11(15)16)5-12-7(2)13-9/h3-5H,1-2H3,(H,15,16)(H,12,13,14). The zero-order chi connectivity index (χ0) is 12.4. The Labute approximate surface area is 102 Å². The molecule has 2 rings (SSSR count). The van der Waals surface area contributed by atoms with E-state index < -0.39 is 5.97 Å². The van der Waals surface area contributed by atoms with Crippen LogP contribution >= 0.6 is 11.3 Å². The van der Waals surface area contributed by atoms with E-state index in [1.807, 2.05) is 18.4 Å². The van der Waals surface area contributed by atoms with Gasteiger partial charge in [-0.1, -0.05) is 0 Å². The molecule has 0 saturated carbocycles. The summed E-state index contributed by atoms with van der Waals surface area (Å²) in [5.74, 6) is -0.177. The van der Waals surface area contributed by atoms with E-state index in [0.29, 0.717) is 11.6 Å². The number of aromatic nitrogens is 2. The largest absolute Gasteiger partial charge is 0.477 e. The van der Waals surface area contributed by atoms with E-state index in [0.717, 1.165) is 10.6 Å². The highest BCUT2D eigenvalue weighted by Gasteiger charge is 2.13. The molecule has 0 bridgehead atoms. The van der Waals surface area contributed by atoms with E-state index in [1.165, 1.54) is 17.5 Å². The van der Waals surface area contributed by atoms with Gasteiger partial charge in [0, 0.05) is 6.20 Å². The number of anilines is 2. The van der Waals surface area contributed by atoms with Gasteiger partial charge in [-0.3, -0.25) is 0 Å². The Hall–Kier alpha value is -1.95. The summed E-state index contributed by atoms with van der Waals surface area (Å²) in [6.45, 7) is 3.67. The van der Waals surface area contributed by atoms with Crippen molar-refractivity contribution >= 4 is 28.1 Å². The van der Waals surface area contributed by atoms with Crippen LogP contribution in [-0.2, 0) is 0 Å². The van der Waals surface area contributed by atoms with E-state index >= 15 is 0 Å². The Kier molecular flexibility index (Phi) is 3.06. The molecule has 0 unspecified atom stereocenters. The topological polar surface area (TPSA) is 75.1 Å². The SMILES string of the molecule is Cc1ncc(C(=O)O)c(Nc2sccc2C)n1. The van der Waals surface area contributed by atoms with Crippen molar-refractivity contribution in [3.8, 4) is 0 Å². The molecule has 0 aliphatic rings. The molecule has 5 nitrogen and oxygen atoms in total.